The molecule has 0 unspecified atom stereocenters. The molecule has 4 atom stereocenters. The Balaban J connectivity index is 1.49. The number of para-hydroxylation sites is 1. The van der Waals surface area contributed by atoms with Crippen LogP contribution in [0.4, 0.5) is 5.69 Å². The van der Waals surface area contributed by atoms with Crippen molar-refractivity contribution in [2.24, 2.45) is 17.8 Å². The average molecular weight is 591 g/mol. The first kappa shape index (κ1) is 23.1. The van der Waals surface area contributed by atoms with E-state index < -0.39 is 23.7 Å². The van der Waals surface area contributed by atoms with Gasteiger partial charge < -0.3 is 5.11 Å². The fourth-order valence-corrected chi connectivity index (χ4v) is 6.65. The number of hydrogen-bond acceptors (Lipinski definition) is 5. The quantitative estimate of drug-likeness (QED) is 0.238. The third kappa shape index (κ3) is 3.28. The molecule has 1 N–H and O–H groups in total. The molecule has 3 aliphatic carbocycles. The Morgan fingerprint density at radius 3 is 2.39 bits per heavy atom. The topological polar surface area (TPSA) is 91.8 Å². The number of benzene rings is 2. The van der Waals surface area contributed by atoms with Crippen molar-refractivity contribution < 1.29 is 24.3 Å². The molecule has 1 fully saturated rings. The van der Waals surface area contributed by atoms with E-state index in [4.69, 9.17) is 0 Å². The summed E-state index contributed by atoms with van der Waals surface area (Å²) in [5, 5.41) is 10.8. The highest BCUT2D eigenvalue weighted by atomic mass is 127. The molecule has 0 saturated carbocycles. The molecule has 0 spiro atoms. The van der Waals surface area contributed by atoms with Crippen molar-refractivity contribution in [2.75, 3.05) is 4.90 Å². The molecule has 0 bridgehead atoms. The van der Waals surface area contributed by atoms with Crippen LogP contribution in [0.1, 0.15) is 31.2 Å². The fraction of sp³-hybridized carbons (Fsp3) is 0.241. The minimum Gasteiger partial charge on any atom is -0.508 e. The maximum absolute atomic E-state index is 13.8. The molecule has 0 aromatic heterocycles. The van der Waals surface area contributed by atoms with Crippen molar-refractivity contribution in [2.45, 2.75) is 25.7 Å². The van der Waals surface area contributed by atoms with Gasteiger partial charge in [0, 0.05) is 31.8 Å². The Kier molecular flexibility index (Phi) is 5.37. The van der Waals surface area contributed by atoms with Crippen molar-refractivity contribution >= 4 is 51.7 Å². The van der Waals surface area contributed by atoms with Crippen molar-refractivity contribution in [3.8, 4) is 5.75 Å². The highest BCUT2D eigenvalue weighted by Crippen LogP contribution is 2.56. The number of fused-ring (bicyclic) bond motifs is 3. The molecule has 4 aliphatic rings. The molecule has 36 heavy (non-hydrogen) atoms. The summed E-state index contributed by atoms with van der Waals surface area (Å²) >= 11 is 2.17. The van der Waals surface area contributed by atoms with Gasteiger partial charge in [-0.2, -0.15) is 0 Å². The van der Waals surface area contributed by atoms with Crippen LogP contribution >= 0.6 is 22.6 Å². The molecule has 2 amide bonds. The van der Waals surface area contributed by atoms with E-state index in [0.717, 1.165) is 9.14 Å². The number of hydrogen-bond donors (Lipinski definition) is 1. The maximum Gasteiger partial charge on any atom is 0.238 e. The summed E-state index contributed by atoms with van der Waals surface area (Å²) in [5.74, 6) is -3.15. The highest BCUT2D eigenvalue weighted by molar-refractivity contribution is 14.1. The van der Waals surface area contributed by atoms with E-state index in [1.165, 1.54) is 11.0 Å². The van der Waals surface area contributed by atoms with Crippen LogP contribution in [0.2, 0.25) is 0 Å². The first-order valence-corrected chi connectivity index (χ1v) is 13.0. The van der Waals surface area contributed by atoms with Crippen molar-refractivity contribution in [3.63, 3.8) is 0 Å². The Bertz CT molecular complexity index is 1460. The second-order valence-corrected chi connectivity index (χ2v) is 11.0. The third-order valence-corrected chi connectivity index (χ3v) is 8.62. The second-order valence-electron chi connectivity index (χ2n) is 9.78. The summed E-state index contributed by atoms with van der Waals surface area (Å²) in [7, 11) is 0. The number of carbonyl (C=O) groups is 4. The lowest BCUT2D eigenvalue weighted by atomic mass is 9.59. The number of carbonyl (C=O) groups excluding carboxylic acids is 4. The second kappa shape index (κ2) is 8.37. The van der Waals surface area contributed by atoms with Crippen LogP contribution in [0.5, 0.6) is 5.75 Å². The van der Waals surface area contributed by atoms with Crippen molar-refractivity contribution in [1.29, 1.82) is 0 Å². The predicted octanol–water partition coefficient (Wildman–Crippen LogP) is 4.63. The standard InChI is InChI=1S/C29H22INO5/c1-14-12-23(33)21-13-20-17(24(26(21)27(14)34)18-4-2-3-5-22(18)32)10-11-19-25(20)29(36)31(28(19)35)16-8-6-15(30)7-9-16/h2-10,12,19-20,24-25,32H,11,13H2,1H3/t19-,20+,24+,25-/m0/s1. The van der Waals surface area contributed by atoms with Gasteiger partial charge in [-0.15, -0.1) is 0 Å². The number of rotatable bonds is 2. The zero-order valence-corrected chi connectivity index (χ0v) is 21.6. The number of imide groups is 1. The fourth-order valence-electron chi connectivity index (χ4n) is 6.29. The molecule has 0 radical (unpaired) electrons. The van der Waals surface area contributed by atoms with E-state index in [0.29, 0.717) is 34.4 Å². The molecule has 6 nitrogen and oxygen atoms in total. The smallest absolute Gasteiger partial charge is 0.238 e. The van der Waals surface area contributed by atoms with Gasteiger partial charge in [0.2, 0.25) is 11.8 Å². The third-order valence-electron chi connectivity index (χ3n) is 7.90. The van der Waals surface area contributed by atoms with Crippen LogP contribution in [0.3, 0.4) is 0 Å². The summed E-state index contributed by atoms with van der Waals surface area (Å²) in [6, 6.07) is 14.1. The summed E-state index contributed by atoms with van der Waals surface area (Å²) in [5.41, 5.74) is 3.03. The van der Waals surface area contributed by atoms with E-state index in [2.05, 4.69) is 22.6 Å². The number of ketones is 2. The number of nitrogens with zero attached hydrogens (tertiary/aromatic N) is 1. The lowest BCUT2D eigenvalue weighted by Gasteiger charge is -2.42. The summed E-state index contributed by atoms with van der Waals surface area (Å²) in [6.07, 6.45) is 3.91. The monoisotopic (exact) mass is 591 g/mol. The van der Waals surface area contributed by atoms with Crippen molar-refractivity contribution in [3.05, 3.63) is 92.1 Å². The van der Waals surface area contributed by atoms with Crippen LogP contribution < -0.4 is 4.90 Å². The number of anilines is 1. The molecule has 1 saturated heterocycles. The largest absolute Gasteiger partial charge is 0.508 e. The summed E-state index contributed by atoms with van der Waals surface area (Å²) in [6.45, 7) is 1.63. The minimum absolute atomic E-state index is 0.0276. The minimum atomic E-state index is -0.642. The van der Waals surface area contributed by atoms with E-state index in [1.807, 2.05) is 18.2 Å². The first-order valence-electron chi connectivity index (χ1n) is 11.9. The van der Waals surface area contributed by atoms with E-state index >= 15 is 0 Å². The van der Waals surface area contributed by atoms with Crippen molar-refractivity contribution in [1.82, 2.24) is 0 Å². The Labute approximate surface area is 221 Å². The lowest BCUT2D eigenvalue weighted by Crippen LogP contribution is -2.39. The van der Waals surface area contributed by atoms with Gasteiger partial charge in [0.15, 0.2) is 11.6 Å². The SMILES string of the molecule is CC1=CC(=O)C2=C(C1=O)[C@@H](c1ccccc1O)C1=CC[C@@H]3C(=O)N(c4ccc(I)cc4)C(=O)[C@@H]3[C@@H]1C2. The van der Waals surface area contributed by atoms with Gasteiger partial charge in [-0.3, -0.25) is 24.1 Å². The molecule has 1 aliphatic heterocycles. The Morgan fingerprint density at radius 2 is 1.67 bits per heavy atom. The van der Waals surface area contributed by atoms with Crippen LogP contribution in [0.15, 0.2) is 83.0 Å². The van der Waals surface area contributed by atoms with Gasteiger partial charge in [-0.1, -0.05) is 29.8 Å². The zero-order chi connectivity index (χ0) is 25.3. The number of allylic oxidation sites excluding steroid dienone is 6. The van der Waals surface area contributed by atoms with Gasteiger partial charge in [0.05, 0.1) is 17.5 Å². The molecule has 180 valence electrons. The number of phenolic OH excluding ortho intramolecular Hbond substituents is 1. The van der Waals surface area contributed by atoms with Gasteiger partial charge in [0.1, 0.15) is 5.75 Å². The van der Waals surface area contributed by atoms with Crippen LogP contribution in [0, 0.1) is 21.3 Å². The maximum atomic E-state index is 13.8. The molecular formula is C29H22INO5. The van der Waals surface area contributed by atoms with E-state index in [1.54, 1.807) is 43.3 Å². The Morgan fingerprint density at radius 1 is 0.944 bits per heavy atom. The lowest BCUT2D eigenvalue weighted by molar-refractivity contribution is -0.123. The predicted molar refractivity (Wildman–Crippen MR) is 141 cm³/mol. The average Bonchev–Trinajstić information content (AvgIpc) is 3.12. The summed E-state index contributed by atoms with van der Waals surface area (Å²) in [4.78, 5) is 55.0. The molecular weight excluding hydrogens is 569 g/mol. The summed E-state index contributed by atoms with van der Waals surface area (Å²) < 4.78 is 0.998. The van der Waals surface area contributed by atoms with Crippen LogP contribution in [-0.2, 0) is 19.2 Å². The number of Topliss-reactive ketones (excluding diaryl/α,β-unsaturated/α-hetero) is 1. The van der Waals surface area contributed by atoms with E-state index in [9.17, 15) is 24.3 Å². The molecule has 2 aromatic rings. The van der Waals surface area contributed by atoms with Gasteiger partial charge in [-0.05, 0) is 84.7 Å². The normalized spacial score (nSPS) is 27.4. The van der Waals surface area contributed by atoms with Crippen LogP contribution in [0.25, 0.3) is 0 Å². The number of halogens is 1. The van der Waals surface area contributed by atoms with E-state index in [-0.39, 0.29) is 35.6 Å². The molecule has 6 rings (SSSR count). The number of phenols is 1. The molecule has 7 heteroatoms. The Hall–Kier alpha value is -3.33. The zero-order valence-electron chi connectivity index (χ0n) is 19.4. The number of aromatic hydroxyl groups is 1. The van der Waals surface area contributed by atoms with Gasteiger partial charge in [-0.25, -0.2) is 0 Å². The van der Waals surface area contributed by atoms with Gasteiger partial charge in [0.25, 0.3) is 0 Å². The number of amides is 2. The first-order chi connectivity index (χ1) is 17.3. The molecule has 2 aromatic carbocycles. The van der Waals surface area contributed by atoms with Gasteiger partial charge >= 0.3 is 0 Å². The molecule has 1 heterocycles. The highest BCUT2D eigenvalue weighted by Gasteiger charge is 2.56. The van der Waals surface area contributed by atoms with Crippen LogP contribution in [-0.4, -0.2) is 28.5 Å².